The van der Waals surface area contributed by atoms with E-state index in [-0.39, 0.29) is 10.5 Å². The number of rotatable bonds is 6. The van der Waals surface area contributed by atoms with Gasteiger partial charge in [-0.2, -0.15) is 0 Å². The molecule has 0 saturated heterocycles. The molecule has 0 heterocycles. The van der Waals surface area contributed by atoms with Crippen molar-refractivity contribution >= 4 is 38.9 Å². The van der Waals surface area contributed by atoms with Gasteiger partial charge in [0.05, 0.1) is 10.9 Å². The van der Waals surface area contributed by atoms with Gasteiger partial charge in [-0.25, -0.2) is 12.8 Å². The molecule has 1 rings (SSSR count). The van der Waals surface area contributed by atoms with Gasteiger partial charge < -0.3 is 10.4 Å². The van der Waals surface area contributed by atoms with E-state index in [0.717, 1.165) is 6.26 Å². The summed E-state index contributed by atoms with van der Waals surface area (Å²) in [6.45, 7) is -1.04. The van der Waals surface area contributed by atoms with Crippen LogP contribution in [0.5, 0.6) is 0 Å². The fraction of sp³-hybridized carbons (Fsp3) is 0.417. The summed E-state index contributed by atoms with van der Waals surface area (Å²) in [5.74, 6) is -0.826. The Hall–Kier alpha value is -0.890. The van der Waals surface area contributed by atoms with Crippen LogP contribution in [0, 0.1) is 0 Å². The monoisotopic (exact) mass is 359 g/mol. The van der Waals surface area contributed by atoms with Crippen LogP contribution in [-0.2, 0) is 14.6 Å². The fourth-order valence-corrected chi connectivity index (χ4v) is 2.35. The molecule has 9 heteroatoms. The summed E-state index contributed by atoms with van der Waals surface area (Å²) in [6, 6.07) is 4.03. The van der Waals surface area contributed by atoms with E-state index in [4.69, 9.17) is 23.2 Å². The Morgan fingerprint density at radius 1 is 1.33 bits per heavy atom. The number of nitrogens with one attached hydrogen (secondary N) is 1. The van der Waals surface area contributed by atoms with Gasteiger partial charge in [0, 0.05) is 6.26 Å². The lowest BCUT2D eigenvalue weighted by Crippen LogP contribution is -2.43. The summed E-state index contributed by atoms with van der Waals surface area (Å²) >= 11 is 10.7. The Kier molecular flexibility index (Phi) is 6.40. The topological polar surface area (TPSA) is 83.5 Å². The van der Waals surface area contributed by atoms with Gasteiger partial charge in [-0.3, -0.25) is 4.79 Å². The molecular formula is C12H14Cl2FNO4S. The zero-order valence-electron chi connectivity index (χ0n) is 11.0. The predicted octanol–water partition coefficient (Wildman–Crippen LogP) is 1.38. The number of carbonyl (C=O) groups is 1. The smallest absolute Gasteiger partial charge is 0.253 e. The third-order valence-corrected chi connectivity index (χ3v) is 4.25. The van der Waals surface area contributed by atoms with Crippen molar-refractivity contribution in [3.8, 4) is 0 Å². The Morgan fingerprint density at radius 2 is 1.86 bits per heavy atom. The van der Waals surface area contributed by atoms with E-state index in [1.807, 2.05) is 0 Å². The Morgan fingerprint density at radius 3 is 2.24 bits per heavy atom. The first-order chi connectivity index (χ1) is 9.66. The SMILES string of the molecule is [14CH3]S(=O)(=O)c1ccc([C@@H](O)[C@@H](CF)NC(=O)C(Cl)Cl)cc1. The van der Waals surface area contributed by atoms with Gasteiger partial charge in [-0.1, -0.05) is 35.3 Å². The molecule has 118 valence electrons. The van der Waals surface area contributed by atoms with Crippen molar-refractivity contribution in [3.05, 3.63) is 29.8 Å². The lowest BCUT2D eigenvalue weighted by Gasteiger charge is -2.22. The molecule has 0 spiro atoms. The first-order valence-corrected chi connectivity index (χ1v) is 8.55. The van der Waals surface area contributed by atoms with E-state index in [1.54, 1.807) is 0 Å². The van der Waals surface area contributed by atoms with Crippen molar-refractivity contribution < 1.29 is 22.7 Å². The third kappa shape index (κ3) is 5.10. The van der Waals surface area contributed by atoms with Gasteiger partial charge in [0.2, 0.25) is 0 Å². The molecule has 0 aliphatic rings. The van der Waals surface area contributed by atoms with Crippen LogP contribution in [0.25, 0.3) is 0 Å². The number of amides is 1. The summed E-state index contributed by atoms with van der Waals surface area (Å²) in [5, 5.41) is 12.2. The van der Waals surface area contributed by atoms with Crippen molar-refractivity contribution in [2.45, 2.75) is 21.9 Å². The van der Waals surface area contributed by atoms with Crippen LogP contribution in [0.2, 0.25) is 0 Å². The third-order valence-electron chi connectivity index (χ3n) is 2.72. The Balaban J connectivity index is 2.90. The first-order valence-electron chi connectivity index (χ1n) is 5.79. The summed E-state index contributed by atoms with van der Waals surface area (Å²) in [4.78, 5) is 10.00. The molecule has 1 amide bonds. The van der Waals surface area contributed by atoms with Crippen LogP contribution in [-0.4, -0.2) is 43.2 Å². The average Bonchev–Trinajstić information content (AvgIpc) is 2.42. The van der Waals surface area contributed by atoms with Gasteiger partial charge >= 0.3 is 0 Å². The Labute approximate surface area is 132 Å². The minimum Gasteiger partial charge on any atom is -0.386 e. The number of hydrogen-bond acceptors (Lipinski definition) is 4. The van der Waals surface area contributed by atoms with Crippen LogP contribution in [0.4, 0.5) is 4.39 Å². The maximum Gasteiger partial charge on any atom is 0.253 e. The largest absolute Gasteiger partial charge is 0.386 e. The normalized spacial score (nSPS) is 14.8. The number of aliphatic hydroxyl groups is 1. The molecule has 0 radical (unpaired) electrons. The summed E-state index contributed by atoms with van der Waals surface area (Å²) in [7, 11) is -3.36. The fourth-order valence-electron chi connectivity index (χ4n) is 1.59. The molecule has 0 fully saturated rings. The molecule has 0 bridgehead atoms. The highest BCUT2D eigenvalue weighted by Gasteiger charge is 2.25. The summed E-state index contributed by atoms with van der Waals surface area (Å²) in [5.41, 5.74) is 0.256. The molecule has 21 heavy (non-hydrogen) atoms. The molecule has 0 saturated carbocycles. The summed E-state index contributed by atoms with van der Waals surface area (Å²) in [6.07, 6.45) is -0.316. The highest BCUT2D eigenvalue weighted by molar-refractivity contribution is 7.90. The first kappa shape index (κ1) is 18.2. The lowest BCUT2D eigenvalue weighted by atomic mass is 10.0. The number of benzene rings is 1. The molecule has 2 atom stereocenters. The summed E-state index contributed by atoms with van der Waals surface area (Å²) < 4.78 is 35.6. The van der Waals surface area contributed by atoms with Crippen LogP contribution in [0.1, 0.15) is 11.7 Å². The number of halogens is 3. The zero-order valence-corrected chi connectivity index (χ0v) is 13.3. The maximum absolute atomic E-state index is 12.9. The second-order valence-corrected chi connectivity index (χ2v) is 7.47. The van der Waals surface area contributed by atoms with Gasteiger partial charge in [-0.05, 0) is 17.7 Å². The second kappa shape index (κ2) is 7.40. The number of alkyl halides is 3. The molecule has 1 aromatic carbocycles. The lowest BCUT2D eigenvalue weighted by molar-refractivity contribution is -0.121. The average molecular weight is 360 g/mol. The molecule has 0 aliphatic carbocycles. The molecule has 2 N–H and O–H groups in total. The quantitative estimate of drug-likeness (QED) is 0.751. The predicted molar refractivity (Wildman–Crippen MR) is 77.9 cm³/mol. The number of carbonyl (C=O) groups excluding carboxylic acids is 1. The maximum atomic E-state index is 12.9. The minimum atomic E-state index is -3.36. The number of sulfone groups is 1. The van der Waals surface area contributed by atoms with E-state index in [2.05, 4.69) is 5.32 Å². The van der Waals surface area contributed by atoms with Crippen LogP contribution in [0.3, 0.4) is 0 Å². The highest BCUT2D eigenvalue weighted by atomic mass is 35.5. The molecule has 0 aromatic heterocycles. The van der Waals surface area contributed by atoms with Crippen molar-refractivity contribution in [2.75, 3.05) is 12.9 Å². The minimum absolute atomic E-state index is 0.0702. The van der Waals surface area contributed by atoms with Crippen LogP contribution >= 0.6 is 23.2 Å². The molecule has 5 nitrogen and oxygen atoms in total. The van der Waals surface area contributed by atoms with Crippen molar-refractivity contribution in [1.29, 1.82) is 0 Å². The number of aliphatic hydroxyl groups excluding tert-OH is 1. The van der Waals surface area contributed by atoms with Crippen molar-refractivity contribution in [1.82, 2.24) is 5.32 Å². The van der Waals surface area contributed by atoms with Crippen LogP contribution in [0.15, 0.2) is 29.2 Å². The van der Waals surface area contributed by atoms with E-state index >= 15 is 0 Å². The highest BCUT2D eigenvalue weighted by Crippen LogP contribution is 2.20. The van der Waals surface area contributed by atoms with E-state index in [0.29, 0.717) is 0 Å². The molecule has 0 aliphatic heterocycles. The molecule has 1 aromatic rings. The Bertz CT molecular complexity index is 592. The zero-order chi connectivity index (χ0) is 16.2. The second-order valence-electron chi connectivity index (χ2n) is 4.36. The van der Waals surface area contributed by atoms with E-state index in [9.17, 15) is 22.7 Å². The van der Waals surface area contributed by atoms with Crippen molar-refractivity contribution in [3.63, 3.8) is 0 Å². The van der Waals surface area contributed by atoms with Gasteiger partial charge in [-0.15, -0.1) is 0 Å². The van der Waals surface area contributed by atoms with Gasteiger partial charge in [0.15, 0.2) is 14.7 Å². The van der Waals surface area contributed by atoms with Gasteiger partial charge in [0.25, 0.3) is 5.91 Å². The molecular weight excluding hydrogens is 346 g/mol. The van der Waals surface area contributed by atoms with Gasteiger partial charge in [0.1, 0.15) is 12.8 Å². The molecule has 0 unspecified atom stereocenters. The van der Waals surface area contributed by atoms with Crippen molar-refractivity contribution in [2.24, 2.45) is 0 Å². The van der Waals surface area contributed by atoms with Crippen LogP contribution < -0.4 is 5.32 Å². The standard InChI is InChI=1S/C12H14Cl2FNO4S/c1-21(19,20)8-4-2-7(3-5-8)10(17)9(6-15)16-12(18)11(13)14/h2-5,9-11,17H,6H2,1H3,(H,16,18)/t9-,10-/m1/s1/i1+2. The number of hydrogen-bond donors (Lipinski definition) is 2. The van der Waals surface area contributed by atoms with E-state index < -0.39 is 39.4 Å². The van der Waals surface area contributed by atoms with E-state index in [1.165, 1.54) is 24.3 Å².